The summed E-state index contributed by atoms with van der Waals surface area (Å²) in [6, 6.07) is 80.3. The molecule has 0 radical (unpaired) electrons. The number of para-hydroxylation sites is 1. The van der Waals surface area contributed by atoms with Gasteiger partial charge in [0.25, 0.3) is 0 Å². The molecule has 62 heavy (non-hydrogen) atoms. The van der Waals surface area contributed by atoms with Crippen molar-refractivity contribution >= 4 is 50.8 Å². The molecule has 0 bridgehead atoms. The van der Waals surface area contributed by atoms with Gasteiger partial charge in [0, 0.05) is 0 Å². The van der Waals surface area contributed by atoms with E-state index >= 15 is 0 Å². The fourth-order valence-electron chi connectivity index (χ4n) is 10.1. The molecule has 4 nitrogen and oxygen atoms in total. The van der Waals surface area contributed by atoms with E-state index in [1.54, 1.807) is 0 Å². The van der Waals surface area contributed by atoms with Gasteiger partial charge in [-0.2, -0.15) is 0 Å². The van der Waals surface area contributed by atoms with Gasteiger partial charge in [0.05, 0.1) is 0 Å². The molecular weight excluding hydrogens is 771 g/mol. The summed E-state index contributed by atoms with van der Waals surface area (Å²) in [6.45, 7) is 0. The average Bonchev–Trinajstić information content (AvgIpc) is 3.89. The molecule has 0 saturated carbocycles. The first-order valence-electron chi connectivity index (χ1n) is 21.2. The monoisotopic (exact) mass is 808 g/mol. The van der Waals surface area contributed by atoms with Crippen molar-refractivity contribution in [1.29, 1.82) is 0 Å². The number of aromatic nitrogens is 3. The Morgan fingerprint density at radius 1 is 0.323 bits per heavy atom. The van der Waals surface area contributed by atoms with E-state index in [-0.39, 0.29) is 0 Å². The van der Waals surface area contributed by atoms with Crippen molar-refractivity contribution in [2.75, 3.05) is 0 Å². The molecule has 292 valence electrons. The number of furan rings is 1. The number of hydrogen-bond acceptors (Lipinski definition) is 4. The molecule has 5 heteroatoms. The zero-order valence-corrected chi connectivity index (χ0v) is 34.8. The quantitative estimate of drug-likeness (QED) is 0.151. The van der Waals surface area contributed by atoms with E-state index in [4.69, 9.17) is 19.4 Å². The molecule has 2 aromatic heterocycles. The van der Waals surface area contributed by atoms with Crippen molar-refractivity contribution in [3.8, 4) is 67.5 Å². The molecule has 12 rings (SSSR count). The number of fused-ring (bicyclic) bond motifs is 6. The third-order valence-electron chi connectivity index (χ3n) is 12.8. The molecule has 0 atom stereocenters. The number of hydrogen-bond donors (Lipinski definition) is 0. The second-order valence-electron chi connectivity index (χ2n) is 16.2. The van der Waals surface area contributed by atoms with Crippen LogP contribution in [0.15, 0.2) is 229 Å². The van der Waals surface area contributed by atoms with Gasteiger partial charge in [-0.1, -0.05) is 30.3 Å². The minimum absolute atomic E-state index is 0.597. The molecule has 1 aliphatic rings. The number of nitrogens with zero attached hydrogens (tertiary/aromatic N) is 3. The minimum atomic E-state index is -3.30. The first-order valence-corrected chi connectivity index (χ1v) is 23.5. The zero-order valence-electron chi connectivity index (χ0n) is 33.7. The summed E-state index contributed by atoms with van der Waals surface area (Å²) in [5.41, 5.74) is 11.3. The van der Waals surface area contributed by atoms with Crippen molar-refractivity contribution in [2.24, 2.45) is 0 Å². The van der Waals surface area contributed by atoms with Gasteiger partial charge in [-0.3, -0.25) is 0 Å². The van der Waals surface area contributed by atoms with Gasteiger partial charge < -0.3 is 0 Å². The third kappa shape index (κ3) is 5.70. The third-order valence-corrected chi connectivity index (χ3v) is 18.5. The van der Waals surface area contributed by atoms with Crippen LogP contribution < -0.4 is 20.7 Å². The first kappa shape index (κ1) is 35.9. The van der Waals surface area contributed by atoms with E-state index in [9.17, 15) is 0 Å². The fourth-order valence-corrected chi connectivity index (χ4v) is 16.3. The Kier molecular flexibility index (Phi) is 8.47. The topological polar surface area (TPSA) is 51.8 Å². The normalized spacial score (nSPS) is 13.2. The molecule has 0 amide bonds. The van der Waals surface area contributed by atoms with Crippen LogP contribution in [0.2, 0.25) is 0 Å². The standard InChI is InChI=1S/C57H38N3OSi/c1-6-20-38(21-7-1)47-34-41(36-49-45-30-16-18-32-51(45)61-53(47)49)56-58-55(40-24-10-3-11-25-40)59-57(60-56)42-35-48(39-22-8-2-9-23-39)54-50(37-42)46-31-17-19-33-52(46)62(54,43-26-12-4-13-27-43)44-28-14-5-15-29-44/h1-37,62H/q-1. The molecule has 11 aromatic rings. The van der Waals surface area contributed by atoms with Crippen LogP contribution in [0.5, 0.6) is 0 Å². The van der Waals surface area contributed by atoms with E-state index in [2.05, 4.69) is 188 Å². The Bertz CT molecular complexity index is 3410. The molecule has 0 aliphatic carbocycles. The fraction of sp³-hybridized carbons (Fsp3) is 0. The Labute approximate surface area is 360 Å². The van der Waals surface area contributed by atoms with E-state index < -0.39 is 8.07 Å². The van der Waals surface area contributed by atoms with Crippen LogP contribution in [-0.4, -0.2) is 23.0 Å². The molecule has 3 heterocycles. The Morgan fingerprint density at radius 2 is 0.774 bits per heavy atom. The number of benzene rings is 9. The van der Waals surface area contributed by atoms with Gasteiger partial charge in [0.15, 0.2) is 0 Å². The van der Waals surface area contributed by atoms with Gasteiger partial charge in [0.2, 0.25) is 0 Å². The predicted molar refractivity (Wildman–Crippen MR) is 258 cm³/mol. The summed E-state index contributed by atoms with van der Waals surface area (Å²) in [6.07, 6.45) is 0. The Balaban J connectivity index is 1.16. The van der Waals surface area contributed by atoms with E-state index in [0.717, 1.165) is 55.3 Å². The molecule has 0 N–H and O–H groups in total. The van der Waals surface area contributed by atoms with Crippen LogP contribution in [0.4, 0.5) is 0 Å². The summed E-state index contributed by atoms with van der Waals surface area (Å²) in [5.74, 6) is 1.83. The van der Waals surface area contributed by atoms with Gasteiger partial charge in [-0.05, 0) is 6.07 Å². The van der Waals surface area contributed by atoms with Crippen LogP contribution in [0.1, 0.15) is 0 Å². The van der Waals surface area contributed by atoms with Crippen molar-refractivity contribution in [3.63, 3.8) is 0 Å². The average molecular weight is 809 g/mol. The summed E-state index contributed by atoms with van der Waals surface area (Å²) >= 11 is 0. The molecule has 0 fully saturated rings. The zero-order chi connectivity index (χ0) is 41.0. The summed E-state index contributed by atoms with van der Waals surface area (Å²) in [7, 11) is -3.30. The van der Waals surface area contributed by atoms with E-state index in [1.807, 2.05) is 36.4 Å². The molecule has 0 spiro atoms. The van der Waals surface area contributed by atoms with E-state index in [0.29, 0.717) is 17.5 Å². The summed E-state index contributed by atoms with van der Waals surface area (Å²) in [5, 5.41) is 7.66. The van der Waals surface area contributed by atoms with Gasteiger partial charge in [-0.15, -0.1) is 0 Å². The molecule has 9 aromatic carbocycles. The van der Waals surface area contributed by atoms with Crippen molar-refractivity contribution in [2.45, 2.75) is 0 Å². The van der Waals surface area contributed by atoms with Crippen LogP contribution in [-0.2, 0) is 0 Å². The van der Waals surface area contributed by atoms with Gasteiger partial charge in [0.1, 0.15) is 0 Å². The molecule has 0 saturated heterocycles. The summed E-state index contributed by atoms with van der Waals surface area (Å²) in [4.78, 5) is 16.0. The number of rotatable bonds is 7. The van der Waals surface area contributed by atoms with Crippen LogP contribution in [0.25, 0.3) is 89.5 Å². The van der Waals surface area contributed by atoms with Gasteiger partial charge >= 0.3 is 326 Å². The SMILES string of the molecule is c1ccc(-c2nc(-c3cc(-c4ccccc4)c4c(c3)-c3ccccc3[SiH-]4(c3ccccc3)c3ccccc3)nc(-c3cc(-c4ccccc4)c4oc5ccccc5c4c3)n2)cc1. The molecule has 0 unspecified atom stereocenters. The van der Waals surface area contributed by atoms with Crippen molar-refractivity contribution < 1.29 is 4.42 Å². The second-order valence-corrected chi connectivity index (χ2v) is 20.4. The van der Waals surface area contributed by atoms with Crippen molar-refractivity contribution in [1.82, 2.24) is 15.0 Å². The first-order chi connectivity index (χ1) is 30.7. The van der Waals surface area contributed by atoms with Crippen molar-refractivity contribution in [3.05, 3.63) is 224 Å². The van der Waals surface area contributed by atoms with E-state index in [1.165, 1.54) is 37.4 Å². The maximum absolute atomic E-state index is 6.57. The Hall–Kier alpha value is -7.99. The molecular formula is C57H38N3OSi-. The van der Waals surface area contributed by atoms with Crippen LogP contribution in [0.3, 0.4) is 0 Å². The maximum atomic E-state index is 6.57. The Morgan fingerprint density at radius 3 is 1.40 bits per heavy atom. The molecule has 1 aliphatic heterocycles. The summed E-state index contributed by atoms with van der Waals surface area (Å²) < 4.78 is 6.57. The van der Waals surface area contributed by atoms with Crippen LogP contribution >= 0.6 is 0 Å². The van der Waals surface area contributed by atoms with Crippen LogP contribution in [0, 0.1) is 0 Å². The second kappa shape index (κ2) is 14.6. The predicted octanol–water partition coefficient (Wildman–Crippen LogP) is 11.2. The van der Waals surface area contributed by atoms with Gasteiger partial charge in [-0.25, -0.2) is 0 Å².